The third-order valence-corrected chi connectivity index (χ3v) is 2.78. The Hall–Kier alpha value is -1.58. The number of hydrogen-bond acceptors (Lipinski definition) is 3. The zero-order valence-electron chi connectivity index (χ0n) is 8.07. The van der Waals surface area contributed by atoms with Gasteiger partial charge in [-0.25, -0.2) is 0 Å². The molecule has 0 unspecified atom stereocenters. The quantitative estimate of drug-likeness (QED) is 0.319. The van der Waals surface area contributed by atoms with Crippen molar-refractivity contribution >= 4 is 5.84 Å². The van der Waals surface area contributed by atoms with Crippen LogP contribution < -0.4 is 5.73 Å². The minimum Gasteiger partial charge on any atom is -0.409 e. The lowest BCUT2D eigenvalue weighted by molar-refractivity contribution is 0.318. The van der Waals surface area contributed by atoms with Gasteiger partial charge in [-0.1, -0.05) is 12.1 Å². The van der Waals surface area contributed by atoms with Crippen molar-refractivity contribution in [1.29, 1.82) is 0 Å². The first-order chi connectivity index (χ1) is 6.65. The molecule has 0 atom stereocenters. The third kappa shape index (κ3) is 1.43. The van der Waals surface area contributed by atoms with Crippen molar-refractivity contribution in [2.24, 2.45) is 10.9 Å². The fourth-order valence-electron chi connectivity index (χ4n) is 1.42. The Bertz CT molecular complexity index is 383. The molecular formula is C10H13N3O. The predicted octanol–water partition coefficient (Wildman–Crippen LogP) is 1.23. The zero-order valence-corrected chi connectivity index (χ0v) is 8.07. The summed E-state index contributed by atoms with van der Waals surface area (Å²) in [6, 6.07) is 3.63. The Morgan fingerprint density at radius 2 is 2.36 bits per heavy atom. The Morgan fingerprint density at radius 3 is 2.93 bits per heavy atom. The zero-order chi connectivity index (χ0) is 10.2. The van der Waals surface area contributed by atoms with Crippen LogP contribution in [0.1, 0.15) is 31.0 Å². The molecule has 0 aliphatic heterocycles. The van der Waals surface area contributed by atoms with Gasteiger partial charge in [0.15, 0.2) is 5.84 Å². The van der Waals surface area contributed by atoms with Crippen LogP contribution in [0.15, 0.2) is 23.5 Å². The van der Waals surface area contributed by atoms with Crippen molar-refractivity contribution in [2.75, 3.05) is 0 Å². The van der Waals surface area contributed by atoms with Gasteiger partial charge in [-0.05, 0) is 25.0 Å². The fourth-order valence-corrected chi connectivity index (χ4v) is 1.42. The van der Waals surface area contributed by atoms with E-state index in [0.717, 1.165) is 11.3 Å². The summed E-state index contributed by atoms with van der Waals surface area (Å²) in [6.45, 7) is 2.17. The van der Waals surface area contributed by atoms with Gasteiger partial charge in [-0.15, -0.1) is 0 Å². The van der Waals surface area contributed by atoms with E-state index in [1.54, 1.807) is 12.3 Å². The summed E-state index contributed by atoms with van der Waals surface area (Å²) >= 11 is 0. The largest absolute Gasteiger partial charge is 0.409 e. The van der Waals surface area contributed by atoms with E-state index in [0.29, 0.717) is 0 Å². The Morgan fingerprint density at radius 1 is 1.64 bits per heavy atom. The summed E-state index contributed by atoms with van der Waals surface area (Å²) in [6.07, 6.45) is 4.03. The highest BCUT2D eigenvalue weighted by Crippen LogP contribution is 2.46. The van der Waals surface area contributed by atoms with Crippen LogP contribution in [0.4, 0.5) is 0 Å². The molecule has 1 aliphatic rings. The first kappa shape index (κ1) is 8.99. The number of nitrogens with two attached hydrogens (primary N) is 1. The summed E-state index contributed by atoms with van der Waals surface area (Å²) in [5.74, 6) is 0.137. The lowest BCUT2D eigenvalue weighted by Gasteiger charge is -2.08. The Kier molecular flexibility index (Phi) is 1.91. The minimum absolute atomic E-state index is 0.137. The second-order valence-corrected chi connectivity index (χ2v) is 3.98. The summed E-state index contributed by atoms with van der Waals surface area (Å²) in [5, 5.41) is 11.5. The number of nitrogens with zero attached hydrogens (tertiary/aromatic N) is 2. The Balaban J connectivity index is 2.37. The van der Waals surface area contributed by atoms with Crippen LogP contribution in [0.25, 0.3) is 0 Å². The summed E-state index contributed by atoms with van der Waals surface area (Å²) in [4.78, 5) is 4.30. The van der Waals surface area contributed by atoms with Gasteiger partial charge in [0, 0.05) is 22.9 Å². The third-order valence-electron chi connectivity index (χ3n) is 2.78. The summed E-state index contributed by atoms with van der Waals surface area (Å²) in [5.41, 5.74) is 7.47. The van der Waals surface area contributed by atoms with Gasteiger partial charge < -0.3 is 10.9 Å². The number of rotatable bonds is 2. The van der Waals surface area contributed by atoms with Crippen LogP contribution in [0.5, 0.6) is 0 Å². The predicted molar refractivity (Wildman–Crippen MR) is 53.3 cm³/mol. The van der Waals surface area contributed by atoms with Gasteiger partial charge in [0.05, 0.1) is 0 Å². The molecule has 2 rings (SSSR count). The molecule has 4 heteroatoms. The highest BCUT2D eigenvalue weighted by Gasteiger charge is 2.40. The van der Waals surface area contributed by atoms with Crippen molar-refractivity contribution in [2.45, 2.75) is 25.2 Å². The second kappa shape index (κ2) is 2.97. The molecule has 1 aromatic heterocycles. The molecule has 1 saturated carbocycles. The van der Waals surface area contributed by atoms with Gasteiger partial charge in [0.25, 0.3) is 0 Å². The van der Waals surface area contributed by atoms with Crippen molar-refractivity contribution in [1.82, 2.24) is 4.98 Å². The maximum Gasteiger partial charge on any atom is 0.170 e. The maximum atomic E-state index is 8.54. The van der Waals surface area contributed by atoms with E-state index in [2.05, 4.69) is 17.1 Å². The molecule has 3 N–H and O–H groups in total. The van der Waals surface area contributed by atoms with E-state index in [1.165, 1.54) is 12.8 Å². The fraction of sp³-hybridized carbons (Fsp3) is 0.400. The molecule has 4 nitrogen and oxygen atoms in total. The summed E-state index contributed by atoms with van der Waals surface area (Å²) in [7, 11) is 0. The molecule has 1 aliphatic carbocycles. The highest BCUT2D eigenvalue weighted by atomic mass is 16.4. The molecule has 0 spiro atoms. The van der Waals surface area contributed by atoms with E-state index < -0.39 is 0 Å². The molecule has 0 amide bonds. The van der Waals surface area contributed by atoms with Gasteiger partial charge in [-0.3, -0.25) is 4.98 Å². The van der Waals surface area contributed by atoms with Crippen LogP contribution >= 0.6 is 0 Å². The molecule has 74 valence electrons. The van der Waals surface area contributed by atoms with Crippen LogP contribution in [0.2, 0.25) is 0 Å². The molecule has 0 aromatic carbocycles. The molecule has 14 heavy (non-hydrogen) atoms. The van der Waals surface area contributed by atoms with E-state index >= 15 is 0 Å². The second-order valence-electron chi connectivity index (χ2n) is 3.98. The first-order valence-corrected chi connectivity index (χ1v) is 4.60. The topological polar surface area (TPSA) is 71.5 Å². The van der Waals surface area contributed by atoms with Crippen LogP contribution in [0, 0.1) is 0 Å². The first-order valence-electron chi connectivity index (χ1n) is 4.60. The molecule has 0 radical (unpaired) electrons. The number of oxime groups is 1. The highest BCUT2D eigenvalue weighted by molar-refractivity contribution is 5.97. The molecule has 1 heterocycles. The monoisotopic (exact) mass is 191 g/mol. The number of aromatic nitrogens is 1. The minimum atomic E-state index is 0.137. The lowest BCUT2D eigenvalue weighted by atomic mass is 10.0. The van der Waals surface area contributed by atoms with Crippen LogP contribution in [-0.4, -0.2) is 16.0 Å². The number of hydrogen-bond donors (Lipinski definition) is 2. The van der Waals surface area contributed by atoms with Crippen LogP contribution in [-0.2, 0) is 5.41 Å². The SMILES string of the molecule is CC1(c2cc(/C(N)=N/O)ccn2)CC1. The molecule has 0 bridgehead atoms. The maximum absolute atomic E-state index is 8.54. The Labute approximate surface area is 82.5 Å². The normalized spacial score (nSPS) is 19.4. The van der Waals surface area contributed by atoms with Gasteiger partial charge >= 0.3 is 0 Å². The smallest absolute Gasteiger partial charge is 0.170 e. The van der Waals surface area contributed by atoms with Crippen molar-refractivity contribution in [3.05, 3.63) is 29.6 Å². The molecular weight excluding hydrogens is 178 g/mol. The average molecular weight is 191 g/mol. The van der Waals surface area contributed by atoms with Gasteiger partial charge in [0.2, 0.25) is 0 Å². The van der Waals surface area contributed by atoms with E-state index in [-0.39, 0.29) is 11.3 Å². The van der Waals surface area contributed by atoms with E-state index in [4.69, 9.17) is 10.9 Å². The van der Waals surface area contributed by atoms with Gasteiger partial charge in [-0.2, -0.15) is 0 Å². The molecule has 1 aromatic rings. The van der Waals surface area contributed by atoms with Crippen LogP contribution in [0.3, 0.4) is 0 Å². The molecule has 0 saturated heterocycles. The molecule has 1 fully saturated rings. The van der Waals surface area contributed by atoms with Crippen molar-refractivity contribution in [3.8, 4) is 0 Å². The standard InChI is InChI=1S/C10H13N3O/c1-10(3-4-10)8-6-7(2-5-12-8)9(11)13-14/h2,5-6,14H,3-4H2,1H3,(H2,11,13). The summed E-state index contributed by atoms with van der Waals surface area (Å²) < 4.78 is 0. The number of pyridine rings is 1. The van der Waals surface area contributed by atoms with E-state index in [1.807, 2.05) is 6.07 Å². The number of amidine groups is 1. The van der Waals surface area contributed by atoms with Gasteiger partial charge in [0.1, 0.15) is 0 Å². The lowest BCUT2D eigenvalue weighted by Crippen LogP contribution is -2.15. The van der Waals surface area contributed by atoms with Crippen molar-refractivity contribution in [3.63, 3.8) is 0 Å². The average Bonchev–Trinajstić information content (AvgIpc) is 2.97. The van der Waals surface area contributed by atoms with Crippen molar-refractivity contribution < 1.29 is 5.21 Å². The van der Waals surface area contributed by atoms with E-state index in [9.17, 15) is 0 Å².